The van der Waals surface area contributed by atoms with E-state index in [1.54, 1.807) is 6.92 Å². The Bertz CT molecular complexity index is 551. The van der Waals surface area contributed by atoms with E-state index in [4.69, 9.17) is 34.8 Å². The van der Waals surface area contributed by atoms with Gasteiger partial charge in [-0.25, -0.2) is 17.5 Å². The van der Waals surface area contributed by atoms with Crippen LogP contribution in [0.3, 0.4) is 0 Å². The summed E-state index contributed by atoms with van der Waals surface area (Å²) in [6.45, 7) is 1.70. The van der Waals surface area contributed by atoms with Crippen LogP contribution in [0.15, 0.2) is 17.0 Å². The molecule has 0 saturated carbocycles. The molecule has 0 saturated heterocycles. The van der Waals surface area contributed by atoms with E-state index < -0.39 is 20.9 Å². The number of nitrogens with one attached hydrogen (secondary N) is 1. The normalized spacial score (nSPS) is 13.5. The highest BCUT2D eigenvalue weighted by molar-refractivity contribution is 7.89. The fraction of sp³-hybridized carbons (Fsp3) is 0.455. The van der Waals surface area contributed by atoms with Crippen molar-refractivity contribution in [2.45, 2.75) is 30.7 Å². The highest BCUT2D eigenvalue weighted by Crippen LogP contribution is 2.29. The molecule has 1 unspecified atom stereocenters. The highest BCUT2D eigenvalue weighted by atomic mass is 35.5. The van der Waals surface area contributed by atoms with Crippen molar-refractivity contribution in [1.29, 1.82) is 0 Å². The van der Waals surface area contributed by atoms with Crippen LogP contribution in [-0.2, 0) is 10.0 Å². The quantitative estimate of drug-likeness (QED) is 0.627. The summed E-state index contributed by atoms with van der Waals surface area (Å²) in [5, 5.41) is -0.733. The molecular formula is C11H13Cl3FNO2S. The molecule has 0 heterocycles. The first-order valence-corrected chi connectivity index (χ1v) is 8.28. The smallest absolute Gasteiger partial charge is 0.208 e. The van der Waals surface area contributed by atoms with Crippen LogP contribution in [0.1, 0.15) is 19.8 Å². The predicted molar refractivity (Wildman–Crippen MR) is 76.2 cm³/mol. The molecule has 0 bridgehead atoms. The zero-order chi connectivity index (χ0) is 14.6. The molecule has 0 amide bonds. The summed E-state index contributed by atoms with van der Waals surface area (Å²) >= 11 is 16.7. The summed E-state index contributed by atoms with van der Waals surface area (Å²) < 4.78 is 40.0. The van der Waals surface area contributed by atoms with Crippen molar-refractivity contribution >= 4 is 44.8 Å². The largest absolute Gasteiger partial charge is 0.242 e. The highest BCUT2D eigenvalue weighted by Gasteiger charge is 2.23. The number of sulfonamides is 1. The van der Waals surface area contributed by atoms with E-state index in [9.17, 15) is 12.8 Å². The van der Waals surface area contributed by atoms with Gasteiger partial charge in [0.1, 0.15) is 4.90 Å². The second kappa shape index (κ2) is 7.09. The van der Waals surface area contributed by atoms with Crippen molar-refractivity contribution in [2.75, 3.05) is 5.88 Å². The first kappa shape index (κ1) is 17.0. The fourth-order valence-electron chi connectivity index (χ4n) is 1.49. The maximum absolute atomic E-state index is 13.5. The van der Waals surface area contributed by atoms with E-state index in [1.165, 1.54) is 6.07 Å². The molecule has 3 nitrogen and oxygen atoms in total. The number of benzene rings is 1. The number of rotatable bonds is 6. The van der Waals surface area contributed by atoms with Crippen molar-refractivity contribution in [2.24, 2.45) is 0 Å². The molecule has 1 atom stereocenters. The van der Waals surface area contributed by atoms with Crippen LogP contribution >= 0.6 is 34.8 Å². The Morgan fingerprint density at radius 2 is 2.00 bits per heavy atom. The lowest BCUT2D eigenvalue weighted by atomic mass is 10.2. The van der Waals surface area contributed by atoms with E-state index in [-0.39, 0.29) is 16.0 Å². The van der Waals surface area contributed by atoms with Crippen molar-refractivity contribution < 1.29 is 12.8 Å². The van der Waals surface area contributed by atoms with Crippen LogP contribution in [0.5, 0.6) is 0 Å². The molecule has 0 fully saturated rings. The number of halogens is 4. The molecule has 0 aliphatic carbocycles. The SMILES string of the molecule is CC(CCCCl)NS(=O)(=O)c1ccc(Cl)c(F)c1Cl. The van der Waals surface area contributed by atoms with Crippen LogP contribution in [0, 0.1) is 5.82 Å². The van der Waals surface area contributed by atoms with Crippen molar-refractivity contribution in [3.05, 3.63) is 28.0 Å². The van der Waals surface area contributed by atoms with Crippen molar-refractivity contribution in [3.8, 4) is 0 Å². The van der Waals surface area contributed by atoms with Gasteiger partial charge >= 0.3 is 0 Å². The van der Waals surface area contributed by atoms with Gasteiger partial charge in [-0.15, -0.1) is 11.6 Å². The third-order valence-corrected chi connectivity index (χ3v) is 5.09. The summed E-state index contributed by atoms with van der Waals surface area (Å²) in [7, 11) is -3.88. The van der Waals surface area contributed by atoms with E-state index in [2.05, 4.69) is 4.72 Å². The van der Waals surface area contributed by atoms with Gasteiger partial charge in [-0.3, -0.25) is 0 Å². The summed E-state index contributed by atoms with van der Waals surface area (Å²) in [6, 6.07) is 2.00. The first-order valence-electron chi connectivity index (χ1n) is 5.51. The molecular weight excluding hydrogens is 336 g/mol. The summed E-state index contributed by atoms with van der Waals surface area (Å²) in [6.07, 6.45) is 1.25. The van der Waals surface area contributed by atoms with Crippen LogP contribution < -0.4 is 4.72 Å². The molecule has 1 N–H and O–H groups in total. The van der Waals surface area contributed by atoms with E-state index in [0.29, 0.717) is 18.7 Å². The Morgan fingerprint density at radius 1 is 1.37 bits per heavy atom. The number of hydrogen-bond donors (Lipinski definition) is 1. The van der Waals surface area contributed by atoms with Crippen LogP contribution in [-0.4, -0.2) is 20.3 Å². The van der Waals surface area contributed by atoms with Crippen LogP contribution in [0.4, 0.5) is 4.39 Å². The standard InChI is InChI=1S/C11H13Cl3FNO2S/c1-7(3-2-6-12)16-19(17,18)9-5-4-8(13)11(15)10(9)14/h4-5,7,16H,2-3,6H2,1H3. The minimum absolute atomic E-state index is 0.223. The Morgan fingerprint density at radius 3 is 2.58 bits per heavy atom. The topological polar surface area (TPSA) is 46.2 Å². The molecule has 108 valence electrons. The zero-order valence-electron chi connectivity index (χ0n) is 10.1. The van der Waals surface area contributed by atoms with Crippen LogP contribution in [0.2, 0.25) is 10.0 Å². The van der Waals surface area contributed by atoms with Gasteiger partial charge in [0.15, 0.2) is 5.82 Å². The second-order valence-electron chi connectivity index (χ2n) is 4.03. The summed E-state index contributed by atoms with van der Waals surface area (Å²) in [5.41, 5.74) is 0. The molecule has 1 aromatic carbocycles. The molecule has 0 aliphatic heterocycles. The Labute approximate surface area is 127 Å². The minimum atomic E-state index is -3.88. The van der Waals surface area contributed by atoms with Gasteiger partial charge in [0.05, 0.1) is 10.0 Å². The van der Waals surface area contributed by atoms with Crippen molar-refractivity contribution in [1.82, 2.24) is 4.72 Å². The van der Waals surface area contributed by atoms with Crippen LogP contribution in [0.25, 0.3) is 0 Å². The third kappa shape index (κ3) is 4.46. The molecule has 1 rings (SSSR count). The molecule has 19 heavy (non-hydrogen) atoms. The molecule has 8 heteroatoms. The second-order valence-corrected chi connectivity index (χ2v) is 6.87. The van der Waals surface area contributed by atoms with E-state index in [0.717, 1.165) is 6.07 Å². The Balaban J connectivity index is 2.98. The molecule has 0 radical (unpaired) electrons. The van der Waals surface area contributed by atoms with Gasteiger partial charge in [0.25, 0.3) is 0 Å². The Kier molecular flexibility index (Phi) is 6.33. The summed E-state index contributed by atoms with van der Waals surface area (Å²) in [5.74, 6) is -0.498. The lowest BCUT2D eigenvalue weighted by molar-refractivity contribution is 0.543. The molecule has 1 aromatic rings. The van der Waals surface area contributed by atoms with Gasteiger partial charge in [0.2, 0.25) is 10.0 Å². The third-order valence-electron chi connectivity index (χ3n) is 2.42. The van der Waals surface area contributed by atoms with Gasteiger partial charge in [-0.2, -0.15) is 0 Å². The van der Waals surface area contributed by atoms with Gasteiger partial charge in [-0.05, 0) is 31.9 Å². The van der Waals surface area contributed by atoms with Crippen molar-refractivity contribution in [3.63, 3.8) is 0 Å². The van der Waals surface area contributed by atoms with Gasteiger partial charge in [0, 0.05) is 11.9 Å². The van der Waals surface area contributed by atoms with E-state index in [1.807, 2.05) is 0 Å². The van der Waals surface area contributed by atoms with E-state index >= 15 is 0 Å². The molecule has 0 spiro atoms. The summed E-state index contributed by atoms with van der Waals surface area (Å²) in [4.78, 5) is -0.325. The Hall–Kier alpha value is -0.0700. The zero-order valence-corrected chi connectivity index (χ0v) is 13.2. The maximum atomic E-state index is 13.5. The average Bonchev–Trinajstić information content (AvgIpc) is 2.32. The predicted octanol–water partition coefficient (Wildman–Crippen LogP) is 3.82. The number of hydrogen-bond acceptors (Lipinski definition) is 2. The molecule has 0 aromatic heterocycles. The molecule has 0 aliphatic rings. The monoisotopic (exact) mass is 347 g/mol. The maximum Gasteiger partial charge on any atom is 0.242 e. The van der Waals surface area contributed by atoms with Gasteiger partial charge in [-0.1, -0.05) is 23.2 Å². The lowest BCUT2D eigenvalue weighted by Gasteiger charge is -2.14. The fourth-order valence-corrected chi connectivity index (χ4v) is 3.66. The minimum Gasteiger partial charge on any atom is -0.208 e. The van der Waals surface area contributed by atoms with Gasteiger partial charge < -0.3 is 0 Å². The average molecular weight is 349 g/mol. The lowest BCUT2D eigenvalue weighted by Crippen LogP contribution is -2.32. The number of alkyl halides is 1. The first-order chi connectivity index (χ1) is 8.79.